The molecule has 0 spiro atoms. The molecular weight excluding hydrogens is 440 g/mol. The molecule has 8 nitrogen and oxygen atoms in total. The average molecular weight is 471 g/mol. The van der Waals surface area contributed by atoms with E-state index in [0.29, 0.717) is 11.8 Å². The number of hydrogen-bond acceptors (Lipinski definition) is 8. The second kappa shape index (κ2) is 9.10. The Hall–Kier alpha value is -2.39. The zero-order chi connectivity index (χ0) is 22.2. The molecule has 2 aromatic rings. The fourth-order valence-electron chi connectivity index (χ4n) is 5.04. The van der Waals surface area contributed by atoms with Gasteiger partial charge in [0.1, 0.15) is 28.3 Å². The first kappa shape index (κ1) is 21.2. The van der Waals surface area contributed by atoms with E-state index < -0.39 is 10.8 Å². The van der Waals surface area contributed by atoms with Crippen LogP contribution in [0.2, 0.25) is 0 Å². The van der Waals surface area contributed by atoms with Crippen molar-refractivity contribution in [2.45, 2.75) is 55.6 Å². The van der Waals surface area contributed by atoms with E-state index in [1.54, 1.807) is 0 Å². The van der Waals surface area contributed by atoms with Crippen LogP contribution in [-0.2, 0) is 28.4 Å². The first-order valence-electron chi connectivity index (χ1n) is 12.0. The van der Waals surface area contributed by atoms with Crippen LogP contribution < -0.4 is 19.7 Å². The Morgan fingerprint density at radius 1 is 1.06 bits per heavy atom. The Bertz CT molecular complexity index is 1050. The predicted octanol–water partition coefficient (Wildman–Crippen LogP) is 2.71. The molecule has 1 aromatic heterocycles. The average Bonchev–Trinajstić information content (AvgIpc) is 3.46. The third-order valence-electron chi connectivity index (χ3n) is 6.93. The number of nitrogens with zero attached hydrogens (tertiary/aromatic N) is 3. The number of ether oxygens (including phenoxy) is 3. The van der Waals surface area contributed by atoms with Gasteiger partial charge in [-0.3, -0.25) is 4.21 Å². The van der Waals surface area contributed by atoms with Crippen LogP contribution >= 0.6 is 0 Å². The van der Waals surface area contributed by atoms with Crippen molar-refractivity contribution in [1.82, 2.24) is 9.97 Å². The smallest absolute Gasteiger partial charge is 0.227 e. The van der Waals surface area contributed by atoms with Crippen LogP contribution in [0.5, 0.6) is 11.5 Å². The minimum absolute atomic E-state index is 0.169. The number of rotatable bonds is 5. The quantitative estimate of drug-likeness (QED) is 0.714. The van der Waals surface area contributed by atoms with Gasteiger partial charge in [-0.15, -0.1) is 0 Å². The summed E-state index contributed by atoms with van der Waals surface area (Å²) >= 11 is 0. The maximum Gasteiger partial charge on any atom is 0.227 e. The van der Waals surface area contributed by atoms with Crippen LogP contribution in [0.15, 0.2) is 23.1 Å². The summed E-state index contributed by atoms with van der Waals surface area (Å²) in [6, 6.07) is 6.49. The highest BCUT2D eigenvalue weighted by molar-refractivity contribution is 7.85. The lowest BCUT2D eigenvalue weighted by molar-refractivity contribution is 0.0903. The topological polar surface area (TPSA) is 85.8 Å². The van der Waals surface area contributed by atoms with E-state index in [-0.39, 0.29) is 6.10 Å². The monoisotopic (exact) mass is 470 g/mol. The third-order valence-corrected chi connectivity index (χ3v) is 8.39. The molecule has 0 radical (unpaired) electrons. The summed E-state index contributed by atoms with van der Waals surface area (Å²) in [6.45, 7) is 3.95. The molecule has 4 aliphatic heterocycles. The van der Waals surface area contributed by atoms with Crippen molar-refractivity contribution in [3.8, 4) is 11.5 Å². The van der Waals surface area contributed by atoms with Crippen LogP contribution in [0.25, 0.3) is 0 Å². The van der Waals surface area contributed by atoms with Gasteiger partial charge < -0.3 is 24.4 Å². The summed E-state index contributed by atoms with van der Waals surface area (Å²) in [5.41, 5.74) is 2.20. The largest absolute Gasteiger partial charge is 0.493 e. The molecule has 2 fully saturated rings. The van der Waals surface area contributed by atoms with Gasteiger partial charge in [0.25, 0.3) is 0 Å². The number of anilines is 2. The van der Waals surface area contributed by atoms with Crippen molar-refractivity contribution in [2.75, 3.05) is 48.9 Å². The number of nitrogens with one attached hydrogen (secondary N) is 1. The van der Waals surface area contributed by atoms with Crippen LogP contribution in [-0.4, -0.2) is 65.0 Å². The first-order valence-corrected chi connectivity index (χ1v) is 13.4. The molecule has 0 bridgehead atoms. The lowest BCUT2D eigenvalue weighted by atomic mass is 10.1. The SMILES string of the molecule is O=S1CCc2nc(N3CCC(Oc4ccc5c(c4)OCC5)CC3)nc(NC3CCOCC3)c21. The van der Waals surface area contributed by atoms with Gasteiger partial charge in [-0.25, -0.2) is 4.98 Å². The number of aromatic nitrogens is 2. The number of aryl methyl sites for hydroxylation is 1. The summed E-state index contributed by atoms with van der Waals surface area (Å²) in [7, 11) is -1.02. The van der Waals surface area contributed by atoms with Gasteiger partial charge in [0.2, 0.25) is 5.95 Å². The molecule has 5 heterocycles. The van der Waals surface area contributed by atoms with Crippen molar-refractivity contribution >= 4 is 22.6 Å². The summed E-state index contributed by atoms with van der Waals surface area (Å²) in [6.07, 6.45) is 5.60. The Morgan fingerprint density at radius 2 is 1.91 bits per heavy atom. The molecule has 2 saturated heterocycles. The van der Waals surface area contributed by atoms with E-state index >= 15 is 0 Å². The van der Waals surface area contributed by atoms with Gasteiger partial charge in [0.05, 0.1) is 23.1 Å². The molecule has 0 saturated carbocycles. The maximum atomic E-state index is 12.6. The minimum Gasteiger partial charge on any atom is -0.493 e. The zero-order valence-electron chi connectivity index (χ0n) is 18.8. The molecule has 1 N–H and O–H groups in total. The Kier molecular flexibility index (Phi) is 5.84. The molecule has 33 heavy (non-hydrogen) atoms. The van der Waals surface area contributed by atoms with E-state index in [1.807, 2.05) is 6.07 Å². The number of fused-ring (bicyclic) bond motifs is 2. The highest BCUT2D eigenvalue weighted by Crippen LogP contribution is 2.33. The van der Waals surface area contributed by atoms with Gasteiger partial charge in [0, 0.05) is 69.8 Å². The highest BCUT2D eigenvalue weighted by atomic mass is 32.2. The van der Waals surface area contributed by atoms with Crippen molar-refractivity contribution in [2.24, 2.45) is 0 Å². The molecule has 4 aliphatic rings. The normalized spacial score (nSPS) is 23.2. The van der Waals surface area contributed by atoms with E-state index in [0.717, 1.165) is 105 Å². The molecule has 176 valence electrons. The molecule has 1 atom stereocenters. The molecule has 0 aliphatic carbocycles. The zero-order valence-corrected chi connectivity index (χ0v) is 19.6. The first-order chi connectivity index (χ1) is 16.2. The summed E-state index contributed by atoms with van der Waals surface area (Å²) in [5.74, 6) is 3.98. The van der Waals surface area contributed by atoms with Crippen molar-refractivity contribution in [3.63, 3.8) is 0 Å². The van der Waals surface area contributed by atoms with Crippen LogP contribution in [0, 0.1) is 0 Å². The summed E-state index contributed by atoms with van der Waals surface area (Å²) in [4.78, 5) is 12.7. The molecule has 1 aromatic carbocycles. The Morgan fingerprint density at radius 3 is 2.76 bits per heavy atom. The highest BCUT2D eigenvalue weighted by Gasteiger charge is 2.30. The van der Waals surface area contributed by atoms with Crippen LogP contribution in [0.4, 0.5) is 11.8 Å². The standard InChI is InChI=1S/C24H30N4O4S/c29-33-14-8-20-22(33)23(25-17-6-11-30-12-7-17)27-24(26-20)28-9-3-18(4-10-28)32-19-2-1-16-5-13-31-21(16)15-19/h1-2,15,17-18H,3-14H2,(H,25,26,27). The van der Waals surface area contributed by atoms with E-state index in [2.05, 4.69) is 22.3 Å². The fourth-order valence-corrected chi connectivity index (χ4v) is 6.36. The van der Waals surface area contributed by atoms with Gasteiger partial charge in [-0.1, -0.05) is 6.07 Å². The Balaban J connectivity index is 1.14. The molecule has 9 heteroatoms. The van der Waals surface area contributed by atoms with Gasteiger partial charge in [0.15, 0.2) is 0 Å². The fraction of sp³-hybridized carbons (Fsp3) is 0.583. The second-order valence-corrected chi connectivity index (χ2v) is 10.7. The summed E-state index contributed by atoms with van der Waals surface area (Å²) < 4.78 is 30.1. The maximum absolute atomic E-state index is 12.6. The minimum atomic E-state index is -1.02. The predicted molar refractivity (Wildman–Crippen MR) is 126 cm³/mol. The van der Waals surface area contributed by atoms with E-state index in [4.69, 9.17) is 24.2 Å². The lowest BCUT2D eigenvalue weighted by Crippen LogP contribution is -2.39. The molecule has 1 unspecified atom stereocenters. The van der Waals surface area contributed by atoms with Crippen molar-refractivity contribution in [1.29, 1.82) is 0 Å². The summed E-state index contributed by atoms with van der Waals surface area (Å²) in [5, 5.41) is 3.57. The molecular formula is C24H30N4O4S. The van der Waals surface area contributed by atoms with E-state index in [1.165, 1.54) is 5.56 Å². The Labute approximate surface area is 196 Å². The number of benzene rings is 1. The second-order valence-electron chi connectivity index (χ2n) is 9.15. The molecule has 6 rings (SSSR count). The lowest BCUT2D eigenvalue weighted by Gasteiger charge is -2.33. The van der Waals surface area contributed by atoms with Gasteiger partial charge in [-0.2, -0.15) is 4.98 Å². The number of piperidine rings is 1. The van der Waals surface area contributed by atoms with Gasteiger partial charge in [-0.05, 0) is 24.5 Å². The third kappa shape index (κ3) is 4.40. The van der Waals surface area contributed by atoms with Crippen LogP contribution in [0.3, 0.4) is 0 Å². The van der Waals surface area contributed by atoms with Crippen LogP contribution in [0.1, 0.15) is 36.9 Å². The van der Waals surface area contributed by atoms with Crippen molar-refractivity contribution < 1.29 is 18.4 Å². The van der Waals surface area contributed by atoms with E-state index in [9.17, 15) is 4.21 Å². The van der Waals surface area contributed by atoms with Crippen molar-refractivity contribution in [3.05, 3.63) is 29.5 Å². The molecule has 0 amide bonds. The number of hydrogen-bond donors (Lipinski definition) is 1. The van der Waals surface area contributed by atoms with Gasteiger partial charge >= 0.3 is 0 Å².